The Morgan fingerprint density at radius 1 is 1.50 bits per heavy atom. The smallest absolute Gasteiger partial charge is 0.343 e. The Morgan fingerprint density at radius 2 is 2.23 bits per heavy atom. The zero-order valence-corrected chi connectivity index (χ0v) is 18.7. The number of H-pyrrole nitrogens is 1. The number of piperidine rings is 1. The number of aromatic amines is 1. The highest BCUT2D eigenvalue weighted by atomic mass is 35.5. The van der Waals surface area contributed by atoms with Crippen molar-refractivity contribution in [3.8, 4) is 12.3 Å². The van der Waals surface area contributed by atoms with Crippen LogP contribution < -0.4 is 10.6 Å². The van der Waals surface area contributed by atoms with Gasteiger partial charge in [-0.15, -0.1) is 6.42 Å². The molecule has 3 unspecified atom stereocenters. The second-order valence-corrected chi connectivity index (χ2v) is 9.36. The highest BCUT2D eigenvalue weighted by Crippen LogP contribution is 2.39. The molecule has 30 heavy (non-hydrogen) atoms. The van der Waals surface area contributed by atoms with Gasteiger partial charge in [-0.25, -0.2) is 4.79 Å². The molecule has 3 atom stereocenters. The Kier molecular flexibility index (Phi) is 6.95. The first-order valence-corrected chi connectivity index (χ1v) is 10.8. The van der Waals surface area contributed by atoms with Crippen LogP contribution in [0, 0.1) is 19.3 Å². The number of aliphatic carboxylic acids is 1. The van der Waals surface area contributed by atoms with Crippen LogP contribution in [0.4, 0.5) is 0 Å². The average molecular weight is 473 g/mol. The maximum atomic E-state index is 12.8. The summed E-state index contributed by atoms with van der Waals surface area (Å²) in [5.74, 6) is 1.10. The highest BCUT2D eigenvalue weighted by Gasteiger charge is 2.43. The van der Waals surface area contributed by atoms with Crippen molar-refractivity contribution < 1.29 is 19.4 Å². The predicted molar refractivity (Wildman–Crippen MR) is 116 cm³/mol. The van der Waals surface area contributed by atoms with Crippen molar-refractivity contribution in [3.63, 3.8) is 0 Å². The summed E-state index contributed by atoms with van der Waals surface area (Å²) in [5, 5.41) is 15.8. The van der Waals surface area contributed by atoms with Crippen molar-refractivity contribution in [2.75, 3.05) is 19.7 Å². The molecule has 8 nitrogen and oxygen atoms in total. The molecule has 2 aliphatic rings. The minimum atomic E-state index is -0.977. The summed E-state index contributed by atoms with van der Waals surface area (Å²) in [6, 6.07) is -0.303. The third kappa shape index (κ3) is 4.58. The number of nitrogens with one attached hydrogen (secondary N) is 3. The molecule has 1 fully saturated rings. The molecule has 0 aliphatic carbocycles. The fourth-order valence-electron chi connectivity index (χ4n) is 3.50. The Hall–Kier alpha value is -1.83. The molecule has 0 saturated carbocycles. The van der Waals surface area contributed by atoms with E-state index in [0.717, 1.165) is 0 Å². The van der Waals surface area contributed by atoms with Gasteiger partial charge in [0.25, 0.3) is 5.91 Å². The lowest BCUT2D eigenvalue weighted by molar-refractivity contribution is -0.131. The number of terminal acetylenes is 1. The van der Waals surface area contributed by atoms with Crippen LogP contribution in [0.2, 0.25) is 10.0 Å². The summed E-state index contributed by atoms with van der Waals surface area (Å²) >= 11 is 13.5. The first-order valence-electron chi connectivity index (χ1n) is 9.21. The maximum absolute atomic E-state index is 12.8. The Labute approximate surface area is 188 Å². The molecule has 1 aromatic heterocycles. The van der Waals surface area contributed by atoms with Gasteiger partial charge < -0.3 is 25.5 Å². The van der Waals surface area contributed by atoms with Crippen molar-refractivity contribution >= 4 is 46.8 Å². The SMILES string of the molecule is C#CCOC1CN(C2(C)NC=C(C(=O)O)S2)CCC1NC(=O)c1[nH]c(C)c(Cl)c1Cl. The monoisotopic (exact) mass is 472 g/mol. The molecule has 1 amide bonds. The number of nitrogens with zero attached hydrogens (tertiary/aromatic N) is 1. The van der Waals surface area contributed by atoms with E-state index in [1.165, 1.54) is 18.0 Å². The molecule has 162 valence electrons. The van der Waals surface area contributed by atoms with E-state index in [0.29, 0.717) is 30.2 Å². The number of amides is 1. The molecule has 3 rings (SSSR count). The number of hydrogen-bond acceptors (Lipinski definition) is 6. The molecule has 0 radical (unpaired) electrons. The quantitative estimate of drug-likeness (QED) is 0.470. The Morgan fingerprint density at radius 3 is 2.80 bits per heavy atom. The van der Waals surface area contributed by atoms with Gasteiger partial charge in [0.15, 0.2) is 0 Å². The van der Waals surface area contributed by atoms with Gasteiger partial charge in [-0.2, -0.15) is 0 Å². The van der Waals surface area contributed by atoms with Crippen LogP contribution in [-0.4, -0.2) is 63.7 Å². The van der Waals surface area contributed by atoms with Gasteiger partial charge >= 0.3 is 5.97 Å². The predicted octanol–water partition coefficient (Wildman–Crippen LogP) is 2.39. The fraction of sp³-hybridized carbons (Fsp3) is 0.474. The number of hydrogen-bond donors (Lipinski definition) is 4. The zero-order valence-electron chi connectivity index (χ0n) is 16.4. The van der Waals surface area contributed by atoms with Gasteiger partial charge in [0.2, 0.25) is 0 Å². The van der Waals surface area contributed by atoms with Crippen LogP contribution in [-0.2, 0) is 9.53 Å². The average Bonchev–Trinajstić information content (AvgIpc) is 3.24. The maximum Gasteiger partial charge on any atom is 0.343 e. The summed E-state index contributed by atoms with van der Waals surface area (Å²) in [6.45, 7) is 4.78. The second-order valence-electron chi connectivity index (χ2n) is 7.16. The molecule has 11 heteroatoms. The Balaban J connectivity index is 1.71. The minimum Gasteiger partial charge on any atom is -0.477 e. The second kappa shape index (κ2) is 9.12. The summed E-state index contributed by atoms with van der Waals surface area (Å²) in [6.07, 6.45) is 7.04. The lowest BCUT2D eigenvalue weighted by Crippen LogP contribution is -2.62. The van der Waals surface area contributed by atoms with Gasteiger partial charge in [-0.05, 0) is 20.3 Å². The normalized spacial score (nSPS) is 26.6. The molecule has 4 N–H and O–H groups in total. The third-order valence-electron chi connectivity index (χ3n) is 5.13. The van der Waals surface area contributed by atoms with E-state index in [-0.39, 0.29) is 34.2 Å². The van der Waals surface area contributed by atoms with E-state index in [9.17, 15) is 14.7 Å². The number of halogens is 2. The number of thioether (sulfide) groups is 1. The third-order valence-corrected chi connectivity index (χ3v) is 7.36. The fourth-order valence-corrected chi connectivity index (χ4v) is 4.96. The van der Waals surface area contributed by atoms with Crippen molar-refractivity contribution in [2.24, 2.45) is 0 Å². The van der Waals surface area contributed by atoms with E-state index >= 15 is 0 Å². The molecular formula is C19H22Cl2N4O4S. The van der Waals surface area contributed by atoms with Crippen LogP contribution in [0.5, 0.6) is 0 Å². The lowest BCUT2D eigenvalue weighted by atomic mass is 10.0. The number of aromatic nitrogens is 1. The molecule has 2 aliphatic heterocycles. The topological polar surface area (TPSA) is 107 Å². The first kappa shape index (κ1) is 22.8. The number of carbonyl (C=O) groups excluding carboxylic acids is 1. The van der Waals surface area contributed by atoms with Crippen LogP contribution in [0.3, 0.4) is 0 Å². The van der Waals surface area contributed by atoms with Gasteiger partial charge in [-0.3, -0.25) is 9.69 Å². The summed E-state index contributed by atoms with van der Waals surface area (Å²) in [4.78, 5) is 28.6. The molecule has 0 spiro atoms. The molecule has 0 aromatic carbocycles. The minimum absolute atomic E-state index is 0.0922. The van der Waals surface area contributed by atoms with Gasteiger partial charge in [-0.1, -0.05) is 40.9 Å². The van der Waals surface area contributed by atoms with E-state index in [1.807, 2.05) is 6.92 Å². The summed E-state index contributed by atoms with van der Waals surface area (Å²) in [5.41, 5.74) is 0.813. The van der Waals surface area contributed by atoms with Gasteiger partial charge in [0.1, 0.15) is 22.2 Å². The molecule has 1 saturated heterocycles. The molecular weight excluding hydrogens is 451 g/mol. The van der Waals surface area contributed by atoms with E-state index in [4.69, 9.17) is 34.4 Å². The van der Waals surface area contributed by atoms with Gasteiger partial charge in [0, 0.05) is 25.0 Å². The molecule has 0 bridgehead atoms. The van der Waals surface area contributed by atoms with E-state index in [1.54, 1.807) is 6.92 Å². The first-order chi connectivity index (χ1) is 14.2. The zero-order chi connectivity index (χ0) is 22.1. The van der Waals surface area contributed by atoms with Crippen LogP contribution in [0.25, 0.3) is 0 Å². The lowest BCUT2D eigenvalue weighted by Gasteiger charge is -2.45. The Bertz CT molecular complexity index is 928. The molecule has 3 heterocycles. The molecule has 1 aromatic rings. The number of rotatable bonds is 6. The van der Waals surface area contributed by atoms with Gasteiger partial charge in [0.05, 0.1) is 22.2 Å². The van der Waals surface area contributed by atoms with E-state index in [2.05, 4.69) is 26.4 Å². The van der Waals surface area contributed by atoms with Crippen molar-refractivity contribution in [1.29, 1.82) is 0 Å². The van der Waals surface area contributed by atoms with Crippen LogP contribution in [0.15, 0.2) is 11.1 Å². The standard InChI is InChI=1S/C19H22Cl2N4O4S/c1-4-7-29-12-9-25(19(3)22-8-13(30-19)18(27)28)6-5-11(12)24-17(26)16-15(21)14(20)10(2)23-16/h1,8,11-12,22-23H,5-7,9H2,2-3H3,(H,24,26)(H,27,28). The number of likely N-dealkylation sites (tertiary alicyclic amines) is 1. The largest absolute Gasteiger partial charge is 0.477 e. The summed E-state index contributed by atoms with van der Waals surface area (Å²) < 4.78 is 5.82. The number of carboxylic acids is 1. The number of aryl methyl sites for hydroxylation is 1. The highest BCUT2D eigenvalue weighted by molar-refractivity contribution is 8.05. The van der Waals surface area contributed by atoms with Crippen molar-refractivity contribution in [3.05, 3.63) is 32.5 Å². The number of carboxylic acid groups (broad SMARTS) is 1. The number of carbonyl (C=O) groups is 2. The van der Waals surface area contributed by atoms with Crippen LogP contribution in [0.1, 0.15) is 29.5 Å². The van der Waals surface area contributed by atoms with E-state index < -0.39 is 17.1 Å². The van der Waals surface area contributed by atoms with Crippen LogP contribution >= 0.6 is 35.0 Å². The van der Waals surface area contributed by atoms with Crippen molar-refractivity contribution in [1.82, 2.24) is 20.5 Å². The summed E-state index contributed by atoms with van der Waals surface area (Å²) in [7, 11) is 0. The number of ether oxygens (including phenoxy) is 1. The van der Waals surface area contributed by atoms with Crippen molar-refractivity contribution in [2.45, 2.75) is 37.4 Å².